The van der Waals surface area contributed by atoms with Crippen molar-refractivity contribution in [2.75, 3.05) is 16.4 Å². The molecule has 4 N–H and O–H groups in total. The molecule has 35 heavy (non-hydrogen) atoms. The summed E-state index contributed by atoms with van der Waals surface area (Å²) in [6.07, 6.45) is 2.89. The molecule has 8 nitrogen and oxygen atoms in total. The van der Waals surface area contributed by atoms with E-state index in [1.54, 1.807) is 0 Å². The largest absolute Gasteiger partial charge is 0.380 e. The van der Waals surface area contributed by atoms with Crippen molar-refractivity contribution in [3.63, 3.8) is 0 Å². The van der Waals surface area contributed by atoms with Gasteiger partial charge < -0.3 is 21.1 Å². The van der Waals surface area contributed by atoms with E-state index < -0.39 is 23.1 Å². The van der Waals surface area contributed by atoms with Gasteiger partial charge in [0.2, 0.25) is 5.91 Å². The van der Waals surface area contributed by atoms with Gasteiger partial charge in [-0.2, -0.15) is 0 Å². The molecule has 0 radical (unpaired) electrons. The van der Waals surface area contributed by atoms with E-state index in [-0.39, 0.29) is 41.4 Å². The van der Waals surface area contributed by atoms with E-state index >= 15 is 0 Å². The van der Waals surface area contributed by atoms with Gasteiger partial charge >= 0.3 is 0 Å². The first-order valence-corrected chi connectivity index (χ1v) is 12.2. The topological polar surface area (TPSA) is 116 Å². The van der Waals surface area contributed by atoms with Crippen LogP contribution in [0.4, 0.5) is 20.3 Å². The van der Waals surface area contributed by atoms with E-state index in [4.69, 9.17) is 0 Å². The lowest BCUT2D eigenvalue weighted by atomic mass is 9.81. The third kappa shape index (κ3) is 4.97. The Labute approximate surface area is 203 Å². The second-order valence-electron chi connectivity index (χ2n) is 8.77. The number of carbonyl (C=O) groups excluding carboxylic acids is 2. The molecule has 2 amide bonds. The lowest BCUT2D eigenvalue weighted by molar-refractivity contribution is -0.137. The van der Waals surface area contributed by atoms with Gasteiger partial charge in [-0.15, -0.1) is 11.8 Å². The van der Waals surface area contributed by atoms with Crippen LogP contribution in [0.25, 0.3) is 10.9 Å². The number of halogens is 2. The number of nitrogens with one attached hydrogen (secondary N) is 3. The number of fused-ring (bicyclic) bond motifs is 2. The van der Waals surface area contributed by atoms with Gasteiger partial charge in [0.05, 0.1) is 22.0 Å². The van der Waals surface area contributed by atoms with E-state index in [0.29, 0.717) is 31.0 Å². The number of thioether (sulfide) groups is 1. The first kappa shape index (κ1) is 23.6. The highest BCUT2D eigenvalue weighted by molar-refractivity contribution is 8.00. The molecule has 1 fully saturated rings. The molecule has 2 aliphatic rings. The molecule has 0 atom stereocenters. The minimum Gasteiger partial charge on any atom is -0.380 e. The average molecular weight is 500 g/mol. The van der Waals surface area contributed by atoms with E-state index in [1.165, 1.54) is 24.0 Å². The molecule has 3 aromatic rings. The number of hydrogen-bond acceptors (Lipinski definition) is 7. The van der Waals surface area contributed by atoms with Crippen LogP contribution in [0, 0.1) is 11.6 Å². The number of hydrogen-bond donors (Lipinski definition) is 4. The maximum Gasteiger partial charge on any atom is 0.256 e. The van der Waals surface area contributed by atoms with Gasteiger partial charge in [-0.3, -0.25) is 14.6 Å². The first-order valence-electron chi connectivity index (χ1n) is 11.2. The molecule has 5 rings (SSSR count). The fourth-order valence-electron chi connectivity index (χ4n) is 4.40. The zero-order valence-corrected chi connectivity index (χ0v) is 19.4. The Bertz CT molecular complexity index is 1310. The number of nitrogens with zero attached hydrogens (tertiary/aromatic N) is 2. The summed E-state index contributed by atoms with van der Waals surface area (Å²) in [7, 11) is 0. The van der Waals surface area contributed by atoms with Crippen molar-refractivity contribution in [1.82, 2.24) is 15.3 Å². The predicted octanol–water partition coefficient (Wildman–Crippen LogP) is 3.35. The summed E-state index contributed by atoms with van der Waals surface area (Å²) in [5, 5.41) is 19.9. The third-order valence-electron chi connectivity index (χ3n) is 6.35. The van der Waals surface area contributed by atoms with E-state index in [1.807, 2.05) is 12.1 Å². The third-order valence-corrected chi connectivity index (χ3v) is 7.40. The summed E-state index contributed by atoms with van der Waals surface area (Å²) >= 11 is 1.46. The summed E-state index contributed by atoms with van der Waals surface area (Å²) < 4.78 is 27.8. The van der Waals surface area contributed by atoms with Crippen LogP contribution in [0.5, 0.6) is 0 Å². The average Bonchev–Trinajstić information content (AvgIpc) is 2.84. The van der Waals surface area contributed by atoms with Crippen molar-refractivity contribution in [3.8, 4) is 0 Å². The maximum absolute atomic E-state index is 14.0. The molecule has 0 bridgehead atoms. The second kappa shape index (κ2) is 9.48. The predicted molar refractivity (Wildman–Crippen MR) is 128 cm³/mol. The van der Waals surface area contributed by atoms with Crippen LogP contribution in [0.15, 0.2) is 41.4 Å². The molecule has 182 valence electrons. The molecule has 11 heteroatoms. The summed E-state index contributed by atoms with van der Waals surface area (Å²) in [4.78, 5) is 33.9. The van der Waals surface area contributed by atoms with Crippen molar-refractivity contribution in [1.29, 1.82) is 0 Å². The van der Waals surface area contributed by atoms with Crippen LogP contribution in [0.2, 0.25) is 0 Å². The molecule has 1 aromatic carbocycles. The minimum absolute atomic E-state index is 0.0574. The Morgan fingerprint density at radius 1 is 1.23 bits per heavy atom. The number of pyridine rings is 2. The lowest BCUT2D eigenvalue weighted by Crippen LogP contribution is -2.48. The molecule has 3 heterocycles. The Morgan fingerprint density at radius 2 is 2.03 bits per heavy atom. The Kier molecular flexibility index (Phi) is 6.39. The Morgan fingerprint density at radius 3 is 2.83 bits per heavy atom. The number of anilines is 2. The SMILES string of the molecule is O=C1CSc2ccc(CNC3CCC(O)(C(=O)Nc4ccnc5c(F)cc(F)cc45)CC3)nc2N1. The highest BCUT2D eigenvalue weighted by atomic mass is 32.2. The Hall–Kier alpha value is -3.15. The molecule has 2 aromatic heterocycles. The van der Waals surface area contributed by atoms with Gasteiger partial charge in [0.15, 0.2) is 5.82 Å². The number of benzene rings is 1. The van der Waals surface area contributed by atoms with Crippen LogP contribution >= 0.6 is 11.8 Å². The van der Waals surface area contributed by atoms with Crippen molar-refractivity contribution in [2.24, 2.45) is 0 Å². The monoisotopic (exact) mass is 499 g/mol. The van der Waals surface area contributed by atoms with Crippen molar-refractivity contribution in [3.05, 3.63) is 53.9 Å². The summed E-state index contributed by atoms with van der Waals surface area (Å²) in [6, 6.07) is 7.21. The first-order chi connectivity index (χ1) is 16.8. The zero-order chi connectivity index (χ0) is 24.6. The fourth-order valence-corrected chi connectivity index (χ4v) is 5.16. The highest BCUT2D eigenvalue weighted by Gasteiger charge is 2.40. The standard InChI is InChI=1S/C24H23F2N5O3S/c25-13-9-16-18(5-8-27-21(16)17(26)10-13)30-23(33)24(34)6-3-14(4-7-24)28-11-15-1-2-19-22(29-15)31-20(32)12-35-19/h1-2,5,8-10,14,28,34H,3-4,6-7,11-12H2,(H,27,30,33)(H,29,31,32). The molecular weight excluding hydrogens is 476 g/mol. The number of amides is 2. The second-order valence-corrected chi connectivity index (χ2v) is 9.79. The number of rotatable bonds is 5. The van der Waals surface area contributed by atoms with Crippen LogP contribution < -0.4 is 16.0 Å². The van der Waals surface area contributed by atoms with E-state index in [2.05, 4.69) is 25.9 Å². The highest BCUT2D eigenvalue weighted by Crippen LogP contribution is 2.32. The number of carbonyl (C=O) groups is 2. The zero-order valence-electron chi connectivity index (χ0n) is 18.6. The van der Waals surface area contributed by atoms with Crippen LogP contribution in [-0.2, 0) is 16.1 Å². The van der Waals surface area contributed by atoms with Gasteiger partial charge in [0.25, 0.3) is 5.91 Å². The van der Waals surface area contributed by atoms with Crippen LogP contribution in [0.3, 0.4) is 0 Å². The maximum atomic E-state index is 14.0. The van der Waals surface area contributed by atoms with E-state index in [0.717, 1.165) is 22.7 Å². The summed E-state index contributed by atoms with van der Waals surface area (Å²) in [6.45, 7) is 0.489. The summed E-state index contributed by atoms with van der Waals surface area (Å²) in [5.41, 5.74) is -0.673. The molecule has 0 unspecified atom stereocenters. The van der Waals surface area contributed by atoms with Crippen LogP contribution in [0.1, 0.15) is 31.4 Å². The molecule has 1 saturated carbocycles. The lowest BCUT2D eigenvalue weighted by Gasteiger charge is -2.35. The molecule has 1 aliphatic heterocycles. The smallest absolute Gasteiger partial charge is 0.256 e. The van der Waals surface area contributed by atoms with Crippen molar-refractivity contribution < 1.29 is 23.5 Å². The Balaban J connectivity index is 1.19. The van der Waals surface area contributed by atoms with Gasteiger partial charge in [-0.05, 0) is 49.9 Å². The van der Waals surface area contributed by atoms with Crippen molar-refractivity contribution in [2.45, 2.75) is 48.8 Å². The molecule has 1 aliphatic carbocycles. The van der Waals surface area contributed by atoms with Gasteiger partial charge in [-0.1, -0.05) is 0 Å². The van der Waals surface area contributed by atoms with Gasteiger partial charge in [-0.25, -0.2) is 13.8 Å². The fraction of sp³-hybridized carbons (Fsp3) is 0.333. The number of aromatic nitrogens is 2. The summed E-state index contributed by atoms with van der Waals surface area (Å²) in [5.74, 6) is -1.33. The van der Waals surface area contributed by atoms with Crippen LogP contribution in [-0.4, -0.2) is 44.3 Å². The van der Waals surface area contributed by atoms with Gasteiger partial charge in [0, 0.05) is 30.2 Å². The molecule has 0 spiro atoms. The van der Waals surface area contributed by atoms with Crippen molar-refractivity contribution >= 4 is 46.0 Å². The minimum atomic E-state index is -1.59. The molecule has 0 saturated heterocycles. The van der Waals surface area contributed by atoms with Gasteiger partial charge in [0.1, 0.15) is 22.8 Å². The quantitative estimate of drug-likeness (QED) is 0.425. The number of aliphatic hydroxyl groups is 1. The normalized spacial score (nSPS) is 21.9. The van der Waals surface area contributed by atoms with E-state index in [9.17, 15) is 23.5 Å². The molecular formula is C24H23F2N5O3S.